The van der Waals surface area contributed by atoms with Gasteiger partial charge in [-0.25, -0.2) is 4.98 Å². The summed E-state index contributed by atoms with van der Waals surface area (Å²) in [5.74, 6) is -0.551. The zero-order valence-corrected chi connectivity index (χ0v) is 14.2. The second kappa shape index (κ2) is 6.80. The van der Waals surface area contributed by atoms with Crippen LogP contribution in [0.25, 0.3) is 5.65 Å². The fourth-order valence-electron chi connectivity index (χ4n) is 2.64. The lowest BCUT2D eigenvalue weighted by Gasteiger charge is -2.12. The summed E-state index contributed by atoms with van der Waals surface area (Å²) in [5, 5.41) is 2.51. The van der Waals surface area contributed by atoms with Gasteiger partial charge in [-0.3, -0.25) is 4.79 Å². The van der Waals surface area contributed by atoms with Gasteiger partial charge in [0, 0.05) is 18.4 Å². The number of nitrogens with one attached hydrogen (secondary N) is 1. The van der Waals surface area contributed by atoms with Gasteiger partial charge >= 0.3 is 6.18 Å². The molecule has 8 heteroatoms. The van der Waals surface area contributed by atoms with Crippen molar-refractivity contribution in [2.75, 3.05) is 19.4 Å². The SMILES string of the molecule is CN(C)Cc1c(C(=O)Nc2cccc(C(F)(F)F)c2)nc2ccccn12. The Morgan fingerprint density at radius 2 is 1.96 bits per heavy atom. The highest BCUT2D eigenvalue weighted by molar-refractivity contribution is 6.04. The summed E-state index contributed by atoms with van der Waals surface area (Å²) >= 11 is 0. The molecule has 0 radical (unpaired) electrons. The Labute approximate surface area is 148 Å². The summed E-state index contributed by atoms with van der Waals surface area (Å²) in [5.41, 5.74) is 0.687. The fraction of sp³-hybridized carbons (Fsp3) is 0.222. The quantitative estimate of drug-likeness (QED) is 0.771. The molecule has 2 aromatic heterocycles. The minimum atomic E-state index is -4.47. The first kappa shape index (κ1) is 17.9. The molecular formula is C18H17F3N4O. The third-order valence-corrected chi connectivity index (χ3v) is 3.76. The maximum Gasteiger partial charge on any atom is 0.416 e. The van der Waals surface area contributed by atoms with Crippen molar-refractivity contribution >= 4 is 17.2 Å². The van der Waals surface area contributed by atoms with E-state index in [9.17, 15) is 18.0 Å². The Kier molecular flexibility index (Phi) is 4.69. The molecule has 0 bridgehead atoms. The number of hydrogen-bond acceptors (Lipinski definition) is 3. The fourth-order valence-corrected chi connectivity index (χ4v) is 2.64. The molecule has 1 N–H and O–H groups in total. The number of alkyl halides is 3. The molecule has 3 aromatic rings. The highest BCUT2D eigenvalue weighted by Crippen LogP contribution is 2.30. The highest BCUT2D eigenvalue weighted by Gasteiger charge is 2.30. The lowest BCUT2D eigenvalue weighted by Crippen LogP contribution is -2.19. The number of benzene rings is 1. The van der Waals surface area contributed by atoms with Crippen molar-refractivity contribution in [3.05, 3.63) is 65.6 Å². The van der Waals surface area contributed by atoms with Crippen molar-refractivity contribution in [2.45, 2.75) is 12.7 Å². The van der Waals surface area contributed by atoms with Crippen LogP contribution in [0.1, 0.15) is 21.7 Å². The van der Waals surface area contributed by atoms with Crippen LogP contribution in [0, 0.1) is 0 Å². The van der Waals surface area contributed by atoms with E-state index in [2.05, 4.69) is 10.3 Å². The zero-order chi connectivity index (χ0) is 18.9. The molecule has 136 valence electrons. The van der Waals surface area contributed by atoms with Crippen LogP contribution < -0.4 is 5.32 Å². The van der Waals surface area contributed by atoms with Gasteiger partial charge in [-0.15, -0.1) is 0 Å². The number of fused-ring (bicyclic) bond motifs is 1. The number of carbonyl (C=O) groups excluding carboxylic acids is 1. The maximum absolute atomic E-state index is 12.8. The number of nitrogens with zero attached hydrogens (tertiary/aromatic N) is 3. The normalized spacial score (nSPS) is 11.9. The smallest absolute Gasteiger partial charge is 0.321 e. The molecular weight excluding hydrogens is 345 g/mol. The number of aromatic nitrogens is 2. The number of hydrogen-bond donors (Lipinski definition) is 1. The topological polar surface area (TPSA) is 49.6 Å². The van der Waals surface area contributed by atoms with Crippen molar-refractivity contribution in [1.29, 1.82) is 0 Å². The summed E-state index contributed by atoms with van der Waals surface area (Å²) in [6.07, 6.45) is -2.68. The molecule has 0 aliphatic carbocycles. The van der Waals surface area contributed by atoms with Crippen LogP contribution in [0.4, 0.5) is 18.9 Å². The van der Waals surface area contributed by atoms with E-state index in [-0.39, 0.29) is 11.4 Å². The molecule has 3 rings (SSSR count). The Bertz CT molecular complexity index is 947. The predicted octanol–water partition coefficient (Wildman–Crippen LogP) is 3.67. The minimum absolute atomic E-state index is 0.0673. The van der Waals surface area contributed by atoms with Gasteiger partial charge in [0.25, 0.3) is 5.91 Å². The van der Waals surface area contributed by atoms with Crippen LogP contribution in [-0.2, 0) is 12.7 Å². The average molecular weight is 362 g/mol. The standard InChI is InChI=1S/C18H17F3N4O/c1-24(2)11-14-16(23-15-8-3-4-9-25(14)15)17(26)22-13-7-5-6-12(10-13)18(19,20)21/h3-10H,11H2,1-2H3,(H,22,26). The molecule has 0 aliphatic heterocycles. The Balaban J connectivity index is 1.95. The van der Waals surface area contributed by atoms with E-state index in [4.69, 9.17) is 0 Å². The third-order valence-electron chi connectivity index (χ3n) is 3.76. The van der Waals surface area contributed by atoms with Gasteiger partial charge in [0.05, 0.1) is 11.3 Å². The van der Waals surface area contributed by atoms with E-state index in [1.165, 1.54) is 12.1 Å². The molecule has 1 amide bonds. The first-order chi connectivity index (χ1) is 12.3. The van der Waals surface area contributed by atoms with Crippen molar-refractivity contribution in [2.24, 2.45) is 0 Å². The molecule has 0 atom stereocenters. The first-order valence-electron chi connectivity index (χ1n) is 7.85. The molecule has 0 aliphatic rings. The number of pyridine rings is 1. The van der Waals surface area contributed by atoms with Crippen LogP contribution in [0.2, 0.25) is 0 Å². The summed E-state index contributed by atoms with van der Waals surface area (Å²) in [7, 11) is 3.72. The molecule has 0 unspecified atom stereocenters. The van der Waals surface area contributed by atoms with E-state index < -0.39 is 17.6 Å². The van der Waals surface area contributed by atoms with Gasteiger partial charge in [-0.2, -0.15) is 13.2 Å². The van der Waals surface area contributed by atoms with Gasteiger partial charge in [-0.05, 0) is 44.4 Å². The molecule has 26 heavy (non-hydrogen) atoms. The molecule has 1 aromatic carbocycles. The second-order valence-electron chi connectivity index (χ2n) is 6.11. The zero-order valence-electron chi connectivity index (χ0n) is 14.2. The summed E-state index contributed by atoms with van der Waals surface area (Å²) in [4.78, 5) is 18.9. The van der Waals surface area contributed by atoms with Gasteiger partial charge in [-0.1, -0.05) is 12.1 Å². The summed E-state index contributed by atoms with van der Waals surface area (Å²) in [6.45, 7) is 0.455. The molecule has 2 heterocycles. The Morgan fingerprint density at radius 1 is 1.19 bits per heavy atom. The van der Waals surface area contributed by atoms with Crippen LogP contribution in [-0.4, -0.2) is 34.3 Å². The maximum atomic E-state index is 12.8. The average Bonchev–Trinajstić information content (AvgIpc) is 2.93. The summed E-state index contributed by atoms with van der Waals surface area (Å²) in [6, 6.07) is 9.91. The van der Waals surface area contributed by atoms with E-state index >= 15 is 0 Å². The highest BCUT2D eigenvalue weighted by atomic mass is 19.4. The molecule has 0 spiro atoms. The largest absolute Gasteiger partial charge is 0.416 e. The van der Waals surface area contributed by atoms with E-state index in [1.54, 1.807) is 22.7 Å². The number of rotatable bonds is 4. The van der Waals surface area contributed by atoms with Crippen molar-refractivity contribution < 1.29 is 18.0 Å². The number of halogens is 3. The number of amides is 1. The Morgan fingerprint density at radius 3 is 2.65 bits per heavy atom. The van der Waals surface area contributed by atoms with Crippen molar-refractivity contribution in [3.63, 3.8) is 0 Å². The van der Waals surface area contributed by atoms with Crippen LogP contribution in [0.3, 0.4) is 0 Å². The number of carbonyl (C=O) groups is 1. The van der Waals surface area contributed by atoms with Gasteiger partial charge in [0.1, 0.15) is 5.65 Å². The third kappa shape index (κ3) is 3.70. The van der Waals surface area contributed by atoms with Crippen LogP contribution in [0.15, 0.2) is 48.7 Å². The van der Waals surface area contributed by atoms with Gasteiger partial charge < -0.3 is 14.6 Å². The van der Waals surface area contributed by atoms with E-state index in [0.29, 0.717) is 17.9 Å². The predicted molar refractivity (Wildman–Crippen MR) is 92.0 cm³/mol. The van der Waals surface area contributed by atoms with Gasteiger partial charge in [0.2, 0.25) is 0 Å². The molecule has 0 fully saturated rings. The van der Waals surface area contributed by atoms with Crippen molar-refractivity contribution in [3.8, 4) is 0 Å². The monoisotopic (exact) mass is 362 g/mol. The van der Waals surface area contributed by atoms with Crippen molar-refractivity contribution in [1.82, 2.24) is 14.3 Å². The number of anilines is 1. The van der Waals surface area contributed by atoms with Crippen LogP contribution >= 0.6 is 0 Å². The Hall–Kier alpha value is -2.87. The molecule has 0 saturated carbocycles. The van der Waals surface area contributed by atoms with E-state index in [1.807, 2.05) is 25.1 Å². The second-order valence-corrected chi connectivity index (χ2v) is 6.11. The van der Waals surface area contributed by atoms with Crippen LogP contribution in [0.5, 0.6) is 0 Å². The lowest BCUT2D eigenvalue weighted by molar-refractivity contribution is -0.137. The number of imidazole rings is 1. The summed E-state index contributed by atoms with van der Waals surface area (Å²) < 4.78 is 40.3. The molecule has 5 nitrogen and oxygen atoms in total. The minimum Gasteiger partial charge on any atom is -0.321 e. The molecule has 0 saturated heterocycles. The van der Waals surface area contributed by atoms with Gasteiger partial charge in [0.15, 0.2) is 5.69 Å². The first-order valence-corrected chi connectivity index (χ1v) is 7.85. The lowest BCUT2D eigenvalue weighted by atomic mass is 10.2. The van der Waals surface area contributed by atoms with E-state index in [0.717, 1.165) is 12.1 Å².